The molecule has 0 fully saturated rings. The maximum absolute atomic E-state index is 8.93. The molecule has 78 valence electrons. The molecule has 0 aliphatic carbocycles. The van der Waals surface area contributed by atoms with Crippen molar-refractivity contribution in [2.24, 2.45) is 0 Å². The van der Waals surface area contributed by atoms with E-state index in [4.69, 9.17) is 9.84 Å². The number of likely N-dealkylation sites (N-methyl/N-ethyl adjacent to an activating group) is 1. The van der Waals surface area contributed by atoms with Crippen LogP contribution in [-0.4, -0.2) is 24.8 Å². The van der Waals surface area contributed by atoms with Crippen molar-refractivity contribution in [1.82, 2.24) is 5.32 Å². The van der Waals surface area contributed by atoms with Crippen LogP contribution in [0.2, 0.25) is 0 Å². The molecule has 0 amide bonds. The number of hydrogen-bond acceptors (Lipinski definition) is 3. The third-order valence-corrected chi connectivity index (χ3v) is 1.91. The molecule has 0 aliphatic heterocycles. The molecule has 2 N–H and O–H groups in total. The molecule has 0 aromatic heterocycles. The third kappa shape index (κ3) is 3.36. The van der Waals surface area contributed by atoms with Gasteiger partial charge in [-0.2, -0.15) is 0 Å². The van der Waals surface area contributed by atoms with E-state index in [0.29, 0.717) is 0 Å². The van der Waals surface area contributed by atoms with E-state index in [9.17, 15) is 0 Å². The minimum absolute atomic E-state index is 0.0532. The Balaban J connectivity index is 2.57. The highest BCUT2D eigenvalue weighted by atomic mass is 16.5. The van der Waals surface area contributed by atoms with Gasteiger partial charge >= 0.3 is 0 Å². The van der Waals surface area contributed by atoms with Crippen LogP contribution >= 0.6 is 0 Å². The van der Waals surface area contributed by atoms with Gasteiger partial charge in [0.2, 0.25) is 0 Å². The highest BCUT2D eigenvalue weighted by molar-refractivity contribution is 5.28. The Morgan fingerprint density at radius 2 is 2.29 bits per heavy atom. The van der Waals surface area contributed by atoms with Crippen molar-refractivity contribution in [3.05, 3.63) is 29.8 Å². The zero-order valence-electron chi connectivity index (χ0n) is 8.66. The highest BCUT2D eigenvalue weighted by Crippen LogP contribution is 2.14. The standard InChI is InChI=1S/C11H17NO2/c1-9(7-12-2)14-11-5-3-4-10(6-11)8-13/h3-6,9,12-13H,7-8H2,1-2H3. The molecule has 1 aromatic rings. The Morgan fingerprint density at radius 3 is 2.93 bits per heavy atom. The summed E-state index contributed by atoms with van der Waals surface area (Å²) < 4.78 is 5.62. The van der Waals surface area contributed by atoms with Gasteiger partial charge in [-0.15, -0.1) is 0 Å². The summed E-state index contributed by atoms with van der Waals surface area (Å²) in [4.78, 5) is 0. The summed E-state index contributed by atoms with van der Waals surface area (Å²) in [6.07, 6.45) is 0.133. The van der Waals surface area contributed by atoms with Gasteiger partial charge in [0.05, 0.1) is 6.61 Å². The third-order valence-electron chi connectivity index (χ3n) is 1.91. The van der Waals surface area contributed by atoms with Gasteiger partial charge in [-0.25, -0.2) is 0 Å². The largest absolute Gasteiger partial charge is 0.489 e. The predicted molar refractivity (Wildman–Crippen MR) is 56.4 cm³/mol. The van der Waals surface area contributed by atoms with Gasteiger partial charge in [0.25, 0.3) is 0 Å². The highest BCUT2D eigenvalue weighted by Gasteiger charge is 2.02. The maximum Gasteiger partial charge on any atom is 0.120 e. The second kappa shape index (κ2) is 5.62. The fourth-order valence-corrected chi connectivity index (χ4v) is 1.28. The fraction of sp³-hybridized carbons (Fsp3) is 0.455. The molecule has 1 aromatic carbocycles. The van der Waals surface area contributed by atoms with Crippen molar-refractivity contribution in [2.75, 3.05) is 13.6 Å². The van der Waals surface area contributed by atoms with Crippen molar-refractivity contribution >= 4 is 0 Å². The molecule has 1 unspecified atom stereocenters. The van der Waals surface area contributed by atoms with Crippen molar-refractivity contribution in [3.8, 4) is 5.75 Å². The summed E-state index contributed by atoms with van der Waals surface area (Å²) in [7, 11) is 1.89. The zero-order valence-corrected chi connectivity index (χ0v) is 8.66. The molecular weight excluding hydrogens is 178 g/mol. The lowest BCUT2D eigenvalue weighted by molar-refractivity contribution is 0.219. The van der Waals surface area contributed by atoms with E-state index in [0.717, 1.165) is 17.9 Å². The lowest BCUT2D eigenvalue weighted by atomic mass is 10.2. The Bertz CT molecular complexity index is 276. The first-order valence-corrected chi connectivity index (χ1v) is 4.77. The first kappa shape index (κ1) is 11.0. The number of aliphatic hydroxyl groups is 1. The predicted octanol–water partition coefficient (Wildman–Crippen LogP) is 1.17. The van der Waals surface area contributed by atoms with E-state index < -0.39 is 0 Å². The molecule has 1 atom stereocenters. The molecule has 0 saturated carbocycles. The number of benzene rings is 1. The van der Waals surface area contributed by atoms with Crippen LogP contribution in [-0.2, 0) is 6.61 Å². The van der Waals surface area contributed by atoms with E-state index in [1.165, 1.54) is 0 Å². The van der Waals surface area contributed by atoms with Crippen molar-refractivity contribution in [3.63, 3.8) is 0 Å². The average Bonchev–Trinajstić information content (AvgIpc) is 2.18. The van der Waals surface area contributed by atoms with Crippen molar-refractivity contribution in [2.45, 2.75) is 19.6 Å². The molecule has 14 heavy (non-hydrogen) atoms. The van der Waals surface area contributed by atoms with Crippen LogP contribution in [0.1, 0.15) is 12.5 Å². The number of hydrogen-bond donors (Lipinski definition) is 2. The summed E-state index contributed by atoms with van der Waals surface area (Å²) in [6, 6.07) is 7.50. The lowest BCUT2D eigenvalue weighted by Crippen LogP contribution is -2.26. The van der Waals surface area contributed by atoms with Crippen LogP contribution in [0.15, 0.2) is 24.3 Å². The average molecular weight is 195 g/mol. The van der Waals surface area contributed by atoms with Crippen molar-refractivity contribution < 1.29 is 9.84 Å². The smallest absolute Gasteiger partial charge is 0.120 e. The first-order valence-electron chi connectivity index (χ1n) is 4.77. The zero-order chi connectivity index (χ0) is 10.4. The topological polar surface area (TPSA) is 41.5 Å². The lowest BCUT2D eigenvalue weighted by Gasteiger charge is -2.14. The monoisotopic (exact) mass is 195 g/mol. The number of nitrogens with one attached hydrogen (secondary N) is 1. The second-order valence-corrected chi connectivity index (χ2v) is 3.29. The Kier molecular flexibility index (Phi) is 4.43. The minimum atomic E-state index is 0.0532. The van der Waals surface area contributed by atoms with E-state index >= 15 is 0 Å². The normalized spacial score (nSPS) is 12.5. The van der Waals surface area contributed by atoms with E-state index in [1.807, 2.05) is 38.2 Å². The molecule has 1 rings (SSSR count). The van der Waals surface area contributed by atoms with E-state index in [-0.39, 0.29) is 12.7 Å². The minimum Gasteiger partial charge on any atom is -0.489 e. The van der Waals surface area contributed by atoms with Crippen LogP contribution in [0.3, 0.4) is 0 Å². The summed E-state index contributed by atoms with van der Waals surface area (Å²) in [5.74, 6) is 0.805. The van der Waals surface area contributed by atoms with Crippen molar-refractivity contribution in [1.29, 1.82) is 0 Å². The van der Waals surface area contributed by atoms with Gasteiger partial charge in [-0.3, -0.25) is 0 Å². The molecule has 0 spiro atoms. The summed E-state index contributed by atoms with van der Waals surface area (Å²) in [5.41, 5.74) is 0.874. The number of aliphatic hydroxyl groups excluding tert-OH is 1. The van der Waals surface area contributed by atoms with E-state index in [1.54, 1.807) is 0 Å². The molecule has 3 nitrogen and oxygen atoms in total. The second-order valence-electron chi connectivity index (χ2n) is 3.29. The summed E-state index contributed by atoms with van der Waals surface area (Å²) in [6.45, 7) is 2.86. The van der Waals surface area contributed by atoms with Gasteiger partial charge in [0.15, 0.2) is 0 Å². The van der Waals surface area contributed by atoms with Gasteiger partial charge in [-0.05, 0) is 31.7 Å². The SMILES string of the molecule is CNCC(C)Oc1cccc(CO)c1. The fourth-order valence-electron chi connectivity index (χ4n) is 1.28. The Hall–Kier alpha value is -1.06. The quantitative estimate of drug-likeness (QED) is 0.741. The van der Waals surface area contributed by atoms with Crippen LogP contribution in [0.25, 0.3) is 0 Å². The van der Waals surface area contributed by atoms with Gasteiger partial charge in [-0.1, -0.05) is 12.1 Å². The van der Waals surface area contributed by atoms with E-state index in [2.05, 4.69) is 5.32 Å². The molecule has 0 radical (unpaired) electrons. The Labute approximate surface area is 84.7 Å². The molecule has 0 aliphatic rings. The van der Waals surface area contributed by atoms with Gasteiger partial charge < -0.3 is 15.2 Å². The van der Waals surface area contributed by atoms with Crippen LogP contribution in [0.5, 0.6) is 5.75 Å². The summed E-state index contributed by atoms with van der Waals surface area (Å²) >= 11 is 0. The maximum atomic E-state index is 8.93. The van der Waals surface area contributed by atoms with Gasteiger partial charge in [0, 0.05) is 6.54 Å². The Morgan fingerprint density at radius 1 is 1.50 bits per heavy atom. The molecule has 0 heterocycles. The first-order chi connectivity index (χ1) is 6.76. The molecule has 0 saturated heterocycles. The molecular formula is C11H17NO2. The number of rotatable bonds is 5. The van der Waals surface area contributed by atoms with Crippen LogP contribution in [0, 0.1) is 0 Å². The molecule has 3 heteroatoms. The van der Waals surface area contributed by atoms with Crippen LogP contribution in [0.4, 0.5) is 0 Å². The van der Waals surface area contributed by atoms with Gasteiger partial charge in [0.1, 0.15) is 11.9 Å². The number of ether oxygens (including phenoxy) is 1. The van der Waals surface area contributed by atoms with Crippen LogP contribution < -0.4 is 10.1 Å². The summed E-state index contributed by atoms with van der Waals surface area (Å²) in [5, 5.41) is 12.0. The molecule has 0 bridgehead atoms.